The summed E-state index contributed by atoms with van der Waals surface area (Å²) in [6, 6.07) is 7.47. The fraction of sp³-hybridized carbons (Fsp3) is 0. The number of benzene rings is 1. The van der Waals surface area contributed by atoms with Crippen molar-refractivity contribution in [2.75, 3.05) is 0 Å². The summed E-state index contributed by atoms with van der Waals surface area (Å²) in [5.41, 5.74) is 1.56. The van der Waals surface area contributed by atoms with Gasteiger partial charge in [-0.1, -0.05) is 12.1 Å². The van der Waals surface area contributed by atoms with E-state index in [1.807, 2.05) is 24.3 Å². The van der Waals surface area contributed by atoms with Crippen LogP contribution < -0.4 is 5.69 Å². The standard InChI is InChI=1S/C7H6N2O.Ar.H2/c10-7-8-5-3-1-2-4-6(5)9-7;;/h1-4H,(H2,8,9,10);;1H. The molecule has 0 saturated heterocycles. The van der Waals surface area contributed by atoms with Crippen LogP contribution in [0.3, 0.4) is 0 Å². The van der Waals surface area contributed by atoms with Gasteiger partial charge in [0.1, 0.15) is 0 Å². The van der Waals surface area contributed by atoms with E-state index in [0.717, 1.165) is 11.0 Å². The maximum atomic E-state index is 10.7. The van der Waals surface area contributed by atoms with E-state index < -0.39 is 0 Å². The van der Waals surface area contributed by atoms with Crippen LogP contribution in [0.1, 0.15) is 1.43 Å². The first kappa shape index (κ1) is 8.84. The Labute approximate surface area is 94.3 Å². The van der Waals surface area contributed by atoms with Gasteiger partial charge < -0.3 is 9.97 Å². The molecule has 0 fully saturated rings. The number of para-hydroxylation sites is 2. The summed E-state index contributed by atoms with van der Waals surface area (Å²) < 4.78 is 0. The maximum absolute atomic E-state index is 10.7. The number of hydrogen-bond acceptors (Lipinski definition) is 1. The summed E-state index contributed by atoms with van der Waals surface area (Å²) in [6.45, 7) is 0. The van der Waals surface area contributed by atoms with E-state index in [1.165, 1.54) is 0 Å². The molecule has 0 aliphatic heterocycles. The smallest absolute Gasteiger partial charge is 0.306 e. The maximum Gasteiger partial charge on any atom is 0.323 e. The molecule has 3 nitrogen and oxygen atoms in total. The van der Waals surface area contributed by atoms with Gasteiger partial charge in [-0.05, 0) is 12.1 Å². The number of aromatic nitrogens is 2. The zero-order valence-corrected chi connectivity index (χ0v) is 6.28. The first-order valence-electron chi connectivity index (χ1n) is 3.03. The van der Waals surface area contributed by atoms with Crippen LogP contribution in [-0.4, -0.2) is 9.97 Å². The molecular weight excluding hydrogens is 168 g/mol. The van der Waals surface area contributed by atoms with Crippen molar-refractivity contribution in [3.63, 3.8) is 0 Å². The predicted octanol–water partition coefficient (Wildman–Crippen LogP) is 1.10. The fourth-order valence-corrected chi connectivity index (χ4v) is 0.977. The molecule has 0 unspecified atom stereocenters. The Morgan fingerprint density at radius 3 is 2.00 bits per heavy atom. The molecule has 1 aromatic carbocycles. The van der Waals surface area contributed by atoms with Crippen LogP contribution in [0.15, 0.2) is 29.1 Å². The minimum atomic E-state index is -0.152. The van der Waals surface area contributed by atoms with Crippen molar-refractivity contribution in [2.24, 2.45) is 0 Å². The molecule has 0 saturated carbocycles. The van der Waals surface area contributed by atoms with Gasteiger partial charge in [-0.25, -0.2) is 4.79 Å². The third-order valence-electron chi connectivity index (χ3n) is 1.42. The van der Waals surface area contributed by atoms with Crippen molar-refractivity contribution in [1.82, 2.24) is 9.97 Å². The van der Waals surface area contributed by atoms with Crippen LogP contribution in [0, 0.1) is 37.7 Å². The van der Waals surface area contributed by atoms with Crippen molar-refractivity contribution in [1.29, 1.82) is 0 Å². The number of H-pyrrole nitrogens is 2. The quantitative estimate of drug-likeness (QED) is 0.620. The molecule has 11 heavy (non-hydrogen) atoms. The molecule has 1 aromatic heterocycles. The van der Waals surface area contributed by atoms with Gasteiger partial charge in [0.05, 0.1) is 11.0 Å². The summed E-state index contributed by atoms with van der Waals surface area (Å²) in [6.07, 6.45) is 0. The third kappa shape index (κ3) is 1.67. The molecule has 0 atom stereocenters. The monoisotopic (exact) mass is 176 g/mol. The van der Waals surface area contributed by atoms with Crippen LogP contribution in [0.5, 0.6) is 0 Å². The molecular formula is C7H8ArN2O. The summed E-state index contributed by atoms with van der Waals surface area (Å²) >= 11 is 0. The minimum absolute atomic E-state index is 0. The second-order valence-electron chi connectivity index (χ2n) is 2.12. The van der Waals surface area contributed by atoms with E-state index in [1.54, 1.807) is 0 Å². The molecule has 2 rings (SSSR count). The van der Waals surface area contributed by atoms with Crippen LogP contribution in [0.25, 0.3) is 11.0 Å². The van der Waals surface area contributed by atoms with Crippen LogP contribution in [0.4, 0.5) is 0 Å². The van der Waals surface area contributed by atoms with Gasteiger partial charge >= 0.3 is 5.69 Å². The van der Waals surface area contributed by atoms with Gasteiger partial charge in [0.25, 0.3) is 0 Å². The molecule has 4 heteroatoms. The molecule has 0 bridgehead atoms. The van der Waals surface area contributed by atoms with Crippen molar-refractivity contribution < 1.29 is 39.2 Å². The van der Waals surface area contributed by atoms with E-state index in [0.29, 0.717) is 0 Å². The Bertz CT molecular complexity index is 373. The first-order valence-corrected chi connectivity index (χ1v) is 3.03. The Hall–Kier alpha value is -0.250. The molecule has 0 spiro atoms. The SMILES string of the molecule is O=c1[nH]c2ccccc2[nH]1.[Ar].[HH]. The summed E-state index contributed by atoms with van der Waals surface area (Å²) in [4.78, 5) is 16.0. The van der Waals surface area contributed by atoms with Gasteiger partial charge in [0, 0.05) is 39.2 Å². The molecule has 0 aliphatic carbocycles. The molecule has 60 valence electrons. The van der Waals surface area contributed by atoms with E-state index in [2.05, 4.69) is 9.97 Å². The second kappa shape index (κ2) is 3.43. The number of nitrogens with one attached hydrogen (secondary N) is 2. The van der Waals surface area contributed by atoms with Crippen molar-refractivity contribution in [3.05, 3.63) is 34.7 Å². The number of rotatable bonds is 0. The molecule has 1 heterocycles. The summed E-state index contributed by atoms with van der Waals surface area (Å²) in [5, 5.41) is 0. The van der Waals surface area contributed by atoms with Crippen molar-refractivity contribution in [2.45, 2.75) is 0 Å². The summed E-state index contributed by atoms with van der Waals surface area (Å²) in [7, 11) is 0. The van der Waals surface area contributed by atoms with Gasteiger partial charge in [-0.15, -0.1) is 0 Å². The topological polar surface area (TPSA) is 48.6 Å². The fourth-order valence-electron chi connectivity index (χ4n) is 0.977. The van der Waals surface area contributed by atoms with E-state index in [9.17, 15) is 4.79 Å². The Kier molecular flexibility index (Phi) is 2.76. The normalized spacial score (nSPS) is 9.45. The average molecular weight is 176 g/mol. The van der Waals surface area contributed by atoms with Gasteiger partial charge in [0.15, 0.2) is 0 Å². The minimum Gasteiger partial charge on any atom is -0.306 e. The summed E-state index contributed by atoms with van der Waals surface area (Å²) in [5.74, 6) is 0. The Balaban J connectivity index is 0.000000605. The Morgan fingerprint density at radius 2 is 1.55 bits per heavy atom. The largest absolute Gasteiger partial charge is 0.323 e. The zero-order valence-electron chi connectivity index (χ0n) is 5.57. The van der Waals surface area contributed by atoms with E-state index in [4.69, 9.17) is 0 Å². The predicted molar refractivity (Wildman–Crippen MR) is 41.0 cm³/mol. The molecule has 2 aromatic rings. The molecule has 0 radical (unpaired) electrons. The molecule has 0 amide bonds. The molecule has 0 aliphatic rings. The van der Waals surface area contributed by atoms with Crippen LogP contribution in [0.2, 0.25) is 0 Å². The van der Waals surface area contributed by atoms with Crippen LogP contribution in [-0.2, 0) is 0 Å². The van der Waals surface area contributed by atoms with E-state index >= 15 is 0 Å². The zero-order chi connectivity index (χ0) is 6.97. The van der Waals surface area contributed by atoms with Gasteiger partial charge in [0.2, 0.25) is 0 Å². The Morgan fingerprint density at radius 1 is 1.09 bits per heavy atom. The van der Waals surface area contributed by atoms with Crippen molar-refractivity contribution >= 4 is 11.0 Å². The number of imidazole rings is 1. The average Bonchev–Trinajstić information content (AvgIpc) is 2.27. The van der Waals surface area contributed by atoms with Gasteiger partial charge in [-0.3, -0.25) is 0 Å². The first-order chi connectivity index (χ1) is 4.86. The van der Waals surface area contributed by atoms with E-state index in [-0.39, 0.29) is 44.9 Å². The second-order valence-corrected chi connectivity index (χ2v) is 2.12. The number of fused-ring (bicyclic) bond motifs is 1. The number of aromatic amines is 2. The molecule has 2 N–H and O–H groups in total. The van der Waals surface area contributed by atoms with Gasteiger partial charge in [-0.2, -0.15) is 0 Å². The van der Waals surface area contributed by atoms with Crippen LogP contribution >= 0.6 is 0 Å². The number of hydrogen-bond donors (Lipinski definition) is 2. The van der Waals surface area contributed by atoms with Crippen molar-refractivity contribution in [3.8, 4) is 0 Å². The third-order valence-corrected chi connectivity index (χ3v) is 1.42.